The highest BCUT2D eigenvalue weighted by atomic mass is 32.2. The molecule has 1 aromatic heterocycles. The number of aromatic amines is 1. The van der Waals surface area contributed by atoms with Gasteiger partial charge in [-0.15, -0.1) is 0 Å². The predicted octanol–water partition coefficient (Wildman–Crippen LogP) is 0.678. The van der Waals surface area contributed by atoms with Gasteiger partial charge >= 0.3 is 0 Å². The topological polar surface area (TPSA) is 92.1 Å². The van der Waals surface area contributed by atoms with E-state index in [9.17, 15) is 8.42 Å². The fraction of sp³-hybridized carbons (Fsp3) is 0.727. The number of sulfonamides is 1. The number of piperidine rings is 1. The molecule has 7 heteroatoms. The van der Waals surface area contributed by atoms with E-state index >= 15 is 0 Å². The summed E-state index contributed by atoms with van der Waals surface area (Å²) >= 11 is 0. The van der Waals surface area contributed by atoms with Gasteiger partial charge in [-0.05, 0) is 25.7 Å². The lowest BCUT2D eigenvalue weighted by atomic mass is 9.97. The van der Waals surface area contributed by atoms with Gasteiger partial charge in [-0.3, -0.25) is 5.10 Å². The lowest BCUT2D eigenvalue weighted by Crippen LogP contribution is -2.45. The van der Waals surface area contributed by atoms with Crippen LogP contribution in [0.3, 0.4) is 0 Å². The molecule has 0 aromatic carbocycles. The molecule has 2 atom stereocenters. The van der Waals surface area contributed by atoms with Gasteiger partial charge in [0.15, 0.2) is 5.03 Å². The van der Waals surface area contributed by atoms with E-state index in [0.717, 1.165) is 12.8 Å². The highest BCUT2D eigenvalue weighted by Crippen LogP contribution is 2.28. The molecule has 3 N–H and O–H groups in total. The molecule has 1 aliphatic rings. The second-order valence-electron chi connectivity index (χ2n) is 5.03. The first-order chi connectivity index (χ1) is 8.46. The highest BCUT2D eigenvalue weighted by molar-refractivity contribution is 7.89. The van der Waals surface area contributed by atoms with Crippen molar-refractivity contribution in [3.8, 4) is 0 Å². The Balaban J connectivity index is 2.36. The van der Waals surface area contributed by atoms with E-state index < -0.39 is 10.0 Å². The van der Waals surface area contributed by atoms with Gasteiger partial charge in [0, 0.05) is 24.7 Å². The molecule has 0 bridgehead atoms. The standard InChI is InChI=1S/C11H20N4O2S/c1-8-3-4-9(2)15(7-8)18(16,17)11-10(5-12)6-13-14-11/h6,8-9H,3-5,7,12H2,1-2H3,(H,13,14). The molecule has 2 heterocycles. The van der Waals surface area contributed by atoms with Crippen LogP contribution in [0.2, 0.25) is 0 Å². The van der Waals surface area contributed by atoms with Crippen LogP contribution in [0.4, 0.5) is 0 Å². The van der Waals surface area contributed by atoms with Crippen LogP contribution < -0.4 is 5.73 Å². The Labute approximate surface area is 108 Å². The van der Waals surface area contributed by atoms with Crippen LogP contribution in [-0.4, -0.2) is 35.5 Å². The van der Waals surface area contributed by atoms with Crippen molar-refractivity contribution in [2.45, 2.75) is 44.3 Å². The average molecular weight is 272 g/mol. The average Bonchev–Trinajstić information content (AvgIpc) is 2.81. The van der Waals surface area contributed by atoms with Gasteiger partial charge in [0.25, 0.3) is 10.0 Å². The summed E-state index contributed by atoms with van der Waals surface area (Å²) in [6.07, 6.45) is 3.44. The molecule has 18 heavy (non-hydrogen) atoms. The number of rotatable bonds is 3. The first-order valence-corrected chi connectivity index (χ1v) is 7.65. The summed E-state index contributed by atoms with van der Waals surface area (Å²) in [4.78, 5) is 0. The van der Waals surface area contributed by atoms with E-state index in [4.69, 9.17) is 5.73 Å². The van der Waals surface area contributed by atoms with Crippen LogP contribution in [0.1, 0.15) is 32.3 Å². The third-order valence-corrected chi connectivity index (χ3v) is 5.52. The number of nitrogens with two attached hydrogens (primary N) is 1. The van der Waals surface area contributed by atoms with E-state index in [-0.39, 0.29) is 17.6 Å². The maximum absolute atomic E-state index is 12.6. The van der Waals surface area contributed by atoms with Gasteiger partial charge in [0.2, 0.25) is 0 Å². The molecule has 2 unspecified atom stereocenters. The Hall–Kier alpha value is -0.920. The molecule has 0 radical (unpaired) electrons. The van der Waals surface area contributed by atoms with Crippen LogP contribution in [0.5, 0.6) is 0 Å². The number of H-pyrrole nitrogens is 1. The molecule has 0 aliphatic carbocycles. The Kier molecular flexibility index (Phi) is 3.74. The summed E-state index contributed by atoms with van der Waals surface area (Å²) in [6.45, 7) is 4.75. The number of nitrogens with one attached hydrogen (secondary N) is 1. The van der Waals surface area contributed by atoms with E-state index in [2.05, 4.69) is 17.1 Å². The van der Waals surface area contributed by atoms with Crippen molar-refractivity contribution in [3.63, 3.8) is 0 Å². The van der Waals surface area contributed by atoms with E-state index in [1.807, 2.05) is 6.92 Å². The molecule has 6 nitrogen and oxygen atoms in total. The number of nitrogens with zero attached hydrogens (tertiary/aromatic N) is 2. The first kappa shape index (κ1) is 13.5. The van der Waals surface area contributed by atoms with E-state index in [0.29, 0.717) is 18.0 Å². The third kappa shape index (κ3) is 2.30. The van der Waals surface area contributed by atoms with E-state index in [1.165, 1.54) is 6.20 Å². The van der Waals surface area contributed by atoms with Crippen molar-refractivity contribution in [2.75, 3.05) is 6.54 Å². The second kappa shape index (κ2) is 4.99. The van der Waals surface area contributed by atoms with Crippen molar-refractivity contribution in [1.29, 1.82) is 0 Å². The molecule has 0 amide bonds. The molecular weight excluding hydrogens is 252 g/mol. The zero-order chi connectivity index (χ0) is 13.3. The maximum atomic E-state index is 12.6. The summed E-state index contributed by atoms with van der Waals surface area (Å²) in [5.41, 5.74) is 6.08. The van der Waals surface area contributed by atoms with Crippen LogP contribution in [0, 0.1) is 5.92 Å². The minimum atomic E-state index is -3.51. The van der Waals surface area contributed by atoms with Crippen molar-refractivity contribution in [2.24, 2.45) is 11.7 Å². The van der Waals surface area contributed by atoms with Crippen molar-refractivity contribution >= 4 is 10.0 Å². The summed E-state index contributed by atoms with van der Waals surface area (Å²) in [5.74, 6) is 0.389. The van der Waals surface area contributed by atoms with Gasteiger partial charge in [0.05, 0.1) is 6.20 Å². The van der Waals surface area contributed by atoms with Crippen LogP contribution in [-0.2, 0) is 16.6 Å². The maximum Gasteiger partial charge on any atom is 0.260 e. The predicted molar refractivity (Wildman–Crippen MR) is 68.2 cm³/mol. The Morgan fingerprint density at radius 2 is 2.22 bits per heavy atom. The lowest BCUT2D eigenvalue weighted by molar-refractivity contribution is 0.217. The SMILES string of the molecule is CC1CCC(C)N(S(=O)(=O)c2[nH]ncc2CN)C1. The number of hydrogen-bond donors (Lipinski definition) is 2. The zero-order valence-electron chi connectivity index (χ0n) is 10.8. The van der Waals surface area contributed by atoms with E-state index in [1.54, 1.807) is 4.31 Å². The van der Waals surface area contributed by atoms with Gasteiger partial charge in [0.1, 0.15) is 0 Å². The van der Waals surface area contributed by atoms with Crippen molar-refractivity contribution < 1.29 is 8.42 Å². The molecule has 0 saturated carbocycles. The lowest BCUT2D eigenvalue weighted by Gasteiger charge is -2.35. The number of hydrogen-bond acceptors (Lipinski definition) is 4. The van der Waals surface area contributed by atoms with Crippen molar-refractivity contribution in [3.05, 3.63) is 11.8 Å². The van der Waals surface area contributed by atoms with Gasteiger partial charge < -0.3 is 5.73 Å². The fourth-order valence-electron chi connectivity index (χ4n) is 2.37. The largest absolute Gasteiger partial charge is 0.326 e. The normalized spacial score (nSPS) is 26.4. The highest BCUT2D eigenvalue weighted by Gasteiger charge is 2.35. The molecule has 2 rings (SSSR count). The van der Waals surface area contributed by atoms with Crippen LogP contribution in [0.15, 0.2) is 11.2 Å². The van der Waals surface area contributed by atoms with Crippen LogP contribution >= 0.6 is 0 Å². The Morgan fingerprint density at radius 3 is 2.89 bits per heavy atom. The molecule has 1 aromatic rings. The van der Waals surface area contributed by atoms with Gasteiger partial charge in [-0.25, -0.2) is 8.42 Å². The van der Waals surface area contributed by atoms with Crippen molar-refractivity contribution in [1.82, 2.24) is 14.5 Å². The molecule has 1 fully saturated rings. The minimum Gasteiger partial charge on any atom is -0.326 e. The monoisotopic (exact) mass is 272 g/mol. The summed E-state index contributed by atoms with van der Waals surface area (Å²) in [6, 6.07) is 0.0279. The first-order valence-electron chi connectivity index (χ1n) is 6.21. The molecule has 1 aliphatic heterocycles. The fourth-order valence-corrected chi connectivity index (χ4v) is 4.27. The summed E-state index contributed by atoms with van der Waals surface area (Å²) < 4.78 is 26.7. The number of aromatic nitrogens is 2. The van der Waals surface area contributed by atoms with Crippen LogP contribution in [0.25, 0.3) is 0 Å². The van der Waals surface area contributed by atoms with Gasteiger partial charge in [-0.1, -0.05) is 6.92 Å². The summed E-state index contributed by atoms with van der Waals surface area (Å²) in [7, 11) is -3.51. The third-order valence-electron chi connectivity index (χ3n) is 3.53. The molecular formula is C11H20N4O2S. The molecule has 1 saturated heterocycles. The Morgan fingerprint density at radius 1 is 1.50 bits per heavy atom. The smallest absolute Gasteiger partial charge is 0.260 e. The molecule has 102 valence electrons. The zero-order valence-corrected chi connectivity index (χ0v) is 11.6. The quantitative estimate of drug-likeness (QED) is 0.846. The Bertz CT molecular complexity index is 511. The molecule has 0 spiro atoms. The van der Waals surface area contributed by atoms with Gasteiger partial charge in [-0.2, -0.15) is 9.40 Å². The second-order valence-corrected chi connectivity index (χ2v) is 6.86. The minimum absolute atomic E-state index is 0.0279. The summed E-state index contributed by atoms with van der Waals surface area (Å²) in [5, 5.41) is 6.50.